The molecular formula is C16H16F2N2O2. The minimum absolute atomic E-state index is 0.0192. The van der Waals surface area contributed by atoms with Crippen LogP contribution >= 0.6 is 0 Å². The zero-order valence-corrected chi connectivity index (χ0v) is 12.3. The number of hydrogen-bond acceptors (Lipinski definition) is 3. The fourth-order valence-corrected chi connectivity index (χ4v) is 2.21. The van der Waals surface area contributed by atoms with Crippen molar-refractivity contribution in [3.05, 3.63) is 75.3 Å². The summed E-state index contributed by atoms with van der Waals surface area (Å²) in [5.41, 5.74) is 1.16. The second-order valence-electron chi connectivity index (χ2n) is 5.18. The van der Waals surface area contributed by atoms with E-state index in [1.54, 1.807) is 19.2 Å². The molecule has 0 heterocycles. The predicted octanol–water partition coefficient (Wildman–Crippen LogP) is 4.07. The molecule has 0 amide bonds. The highest BCUT2D eigenvalue weighted by Crippen LogP contribution is 2.24. The van der Waals surface area contributed by atoms with Crippen LogP contribution in [-0.4, -0.2) is 16.9 Å². The van der Waals surface area contributed by atoms with Crippen molar-refractivity contribution in [3.8, 4) is 0 Å². The van der Waals surface area contributed by atoms with Crippen molar-refractivity contribution >= 4 is 5.69 Å². The standard InChI is InChI=1S/C16H16F2N2O2/c1-11(12-4-3-5-15(8-12)20(21)22)19(2)10-13-6-7-14(17)9-16(13)18/h3-9,11H,10H2,1-2H3. The van der Waals surface area contributed by atoms with Crippen LogP contribution in [0.25, 0.3) is 0 Å². The van der Waals surface area contributed by atoms with Crippen LogP contribution in [0.4, 0.5) is 14.5 Å². The van der Waals surface area contributed by atoms with Gasteiger partial charge in [-0.05, 0) is 25.6 Å². The van der Waals surface area contributed by atoms with Crippen LogP contribution in [0.3, 0.4) is 0 Å². The zero-order chi connectivity index (χ0) is 16.3. The molecule has 0 saturated carbocycles. The Kier molecular flexibility index (Phi) is 4.82. The molecule has 0 N–H and O–H groups in total. The van der Waals surface area contributed by atoms with Crippen LogP contribution in [0.2, 0.25) is 0 Å². The largest absolute Gasteiger partial charge is 0.295 e. The van der Waals surface area contributed by atoms with Gasteiger partial charge in [-0.3, -0.25) is 15.0 Å². The summed E-state index contributed by atoms with van der Waals surface area (Å²) in [6.07, 6.45) is 0. The van der Waals surface area contributed by atoms with E-state index in [2.05, 4.69) is 0 Å². The van der Waals surface area contributed by atoms with Gasteiger partial charge in [-0.25, -0.2) is 8.78 Å². The molecule has 4 nitrogen and oxygen atoms in total. The molecule has 22 heavy (non-hydrogen) atoms. The Balaban J connectivity index is 2.16. The Labute approximate surface area is 127 Å². The molecule has 2 rings (SSSR count). The summed E-state index contributed by atoms with van der Waals surface area (Å²) in [6, 6.07) is 9.65. The number of rotatable bonds is 5. The van der Waals surface area contributed by atoms with E-state index in [9.17, 15) is 18.9 Å². The minimum atomic E-state index is -0.615. The fraction of sp³-hybridized carbons (Fsp3) is 0.250. The molecule has 116 valence electrons. The first-order chi connectivity index (χ1) is 10.4. The fourth-order valence-electron chi connectivity index (χ4n) is 2.21. The Hall–Kier alpha value is -2.34. The third-order valence-corrected chi connectivity index (χ3v) is 3.66. The molecular weight excluding hydrogens is 290 g/mol. The van der Waals surface area contributed by atoms with Gasteiger partial charge >= 0.3 is 0 Å². The normalized spacial score (nSPS) is 12.4. The lowest BCUT2D eigenvalue weighted by molar-refractivity contribution is -0.384. The van der Waals surface area contributed by atoms with Gasteiger partial charge in [0, 0.05) is 36.3 Å². The summed E-state index contributed by atoms with van der Waals surface area (Å²) in [6.45, 7) is 2.15. The third-order valence-electron chi connectivity index (χ3n) is 3.66. The van der Waals surface area contributed by atoms with Crippen molar-refractivity contribution < 1.29 is 13.7 Å². The molecule has 0 spiro atoms. The van der Waals surface area contributed by atoms with Crippen molar-refractivity contribution in [1.82, 2.24) is 4.90 Å². The third kappa shape index (κ3) is 3.65. The average molecular weight is 306 g/mol. The Morgan fingerprint density at radius 3 is 2.59 bits per heavy atom. The zero-order valence-electron chi connectivity index (χ0n) is 12.3. The van der Waals surface area contributed by atoms with Gasteiger partial charge in [0.25, 0.3) is 5.69 Å². The van der Waals surface area contributed by atoms with Gasteiger partial charge in [0.15, 0.2) is 0 Å². The van der Waals surface area contributed by atoms with Gasteiger partial charge in [0.2, 0.25) is 0 Å². The molecule has 6 heteroatoms. The van der Waals surface area contributed by atoms with Crippen LogP contribution in [0.1, 0.15) is 24.1 Å². The van der Waals surface area contributed by atoms with Gasteiger partial charge in [0.1, 0.15) is 11.6 Å². The molecule has 1 unspecified atom stereocenters. The number of halogens is 2. The van der Waals surface area contributed by atoms with Crippen LogP contribution in [0, 0.1) is 21.7 Å². The summed E-state index contributed by atoms with van der Waals surface area (Å²) in [5.74, 6) is -1.21. The van der Waals surface area contributed by atoms with E-state index in [1.807, 2.05) is 11.8 Å². The van der Waals surface area contributed by atoms with Crippen LogP contribution in [0.15, 0.2) is 42.5 Å². The quantitative estimate of drug-likeness (QED) is 0.618. The lowest BCUT2D eigenvalue weighted by Crippen LogP contribution is -2.22. The number of hydrogen-bond donors (Lipinski definition) is 0. The molecule has 0 saturated heterocycles. The molecule has 0 aliphatic carbocycles. The van der Waals surface area contributed by atoms with Crippen LogP contribution < -0.4 is 0 Å². The maximum atomic E-state index is 13.7. The molecule has 0 bridgehead atoms. The van der Waals surface area contributed by atoms with Crippen LogP contribution in [-0.2, 0) is 6.54 Å². The Morgan fingerprint density at radius 1 is 1.23 bits per heavy atom. The summed E-state index contributed by atoms with van der Waals surface area (Å²) in [4.78, 5) is 12.2. The predicted molar refractivity (Wildman–Crippen MR) is 79.3 cm³/mol. The van der Waals surface area contributed by atoms with E-state index >= 15 is 0 Å². The number of nitro groups is 1. The second kappa shape index (κ2) is 6.62. The van der Waals surface area contributed by atoms with E-state index < -0.39 is 16.6 Å². The average Bonchev–Trinajstić information content (AvgIpc) is 2.49. The van der Waals surface area contributed by atoms with Crippen molar-refractivity contribution in [1.29, 1.82) is 0 Å². The first kappa shape index (κ1) is 16.0. The van der Waals surface area contributed by atoms with E-state index in [4.69, 9.17) is 0 Å². The first-order valence-corrected chi connectivity index (χ1v) is 6.77. The summed E-state index contributed by atoms with van der Waals surface area (Å²) in [5, 5.41) is 10.8. The number of nitrogens with zero attached hydrogens (tertiary/aromatic N) is 2. The monoisotopic (exact) mass is 306 g/mol. The van der Waals surface area contributed by atoms with Gasteiger partial charge in [-0.15, -0.1) is 0 Å². The minimum Gasteiger partial charge on any atom is -0.295 e. The lowest BCUT2D eigenvalue weighted by Gasteiger charge is -2.25. The van der Waals surface area contributed by atoms with Crippen molar-refractivity contribution in [2.24, 2.45) is 0 Å². The van der Waals surface area contributed by atoms with Crippen molar-refractivity contribution in [2.45, 2.75) is 19.5 Å². The topological polar surface area (TPSA) is 46.4 Å². The highest BCUT2D eigenvalue weighted by Gasteiger charge is 2.16. The molecule has 0 aromatic heterocycles. The highest BCUT2D eigenvalue weighted by molar-refractivity contribution is 5.35. The number of benzene rings is 2. The van der Waals surface area contributed by atoms with E-state index in [-0.39, 0.29) is 18.3 Å². The molecule has 0 aliphatic rings. The number of nitro benzene ring substituents is 1. The lowest BCUT2D eigenvalue weighted by atomic mass is 10.1. The smallest absolute Gasteiger partial charge is 0.269 e. The summed E-state index contributed by atoms with van der Waals surface area (Å²) < 4.78 is 26.6. The summed E-state index contributed by atoms with van der Waals surface area (Å²) in [7, 11) is 1.78. The second-order valence-corrected chi connectivity index (χ2v) is 5.18. The van der Waals surface area contributed by atoms with E-state index in [0.717, 1.165) is 11.6 Å². The summed E-state index contributed by atoms with van der Waals surface area (Å²) >= 11 is 0. The van der Waals surface area contributed by atoms with Crippen molar-refractivity contribution in [2.75, 3.05) is 7.05 Å². The first-order valence-electron chi connectivity index (χ1n) is 6.77. The van der Waals surface area contributed by atoms with E-state index in [0.29, 0.717) is 5.56 Å². The molecule has 0 radical (unpaired) electrons. The van der Waals surface area contributed by atoms with Crippen LogP contribution in [0.5, 0.6) is 0 Å². The number of non-ortho nitro benzene ring substituents is 1. The maximum Gasteiger partial charge on any atom is 0.269 e. The maximum absolute atomic E-state index is 13.7. The Bertz CT molecular complexity index is 692. The van der Waals surface area contributed by atoms with E-state index in [1.165, 1.54) is 24.3 Å². The van der Waals surface area contributed by atoms with Gasteiger partial charge in [0.05, 0.1) is 4.92 Å². The molecule has 0 aliphatic heterocycles. The molecule has 2 aromatic carbocycles. The molecule has 0 fully saturated rings. The molecule has 1 atom stereocenters. The molecule has 2 aromatic rings. The van der Waals surface area contributed by atoms with Gasteiger partial charge in [-0.2, -0.15) is 0 Å². The highest BCUT2D eigenvalue weighted by atomic mass is 19.1. The Morgan fingerprint density at radius 2 is 1.95 bits per heavy atom. The van der Waals surface area contributed by atoms with Gasteiger partial charge < -0.3 is 0 Å². The van der Waals surface area contributed by atoms with Crippen molar-refractivity contribution in [3.63, 3.8) is 0 Å². The van der Waals surface area contributed by atoms with Gasteiger partial charge in [-0.1, -0.05) is 18.2 Å². The SMILES string of the molecule is CC(c1cccc([N+](=O)[O-])c1)N(C)Cc1ccc(F)cc1F.